The number of hydrogen-bond donors (Lipinski definition) is 2. The van der Waals surface area contributed by atoms with Crippen LogP contribution in [0.4, 0.5) is 5.69 Å². The Kier molecular flexibility index (Phi) is 3.88. The largest absolute Gasteiger partial charge is 0.325 e. The molecule has 3 N–H and O–H groups in total. The minimum Gasteiger partial charge on any atom is -0.325 e. The quantitative estimate of drug-likeness (QED) is 0.908. The molecule has 0 atom stereocenters. The van der Waals surface area contributed by atoms with Gasteiger partial charge in [0.2, 0.25) is 5.91 Å². The lowest BCUT2D eigenvalue weighted by atomic mass is 9.80. The second-order valence-electron chi connectivity index (χ2n) is 6.05. The molecule has 0 aliphatic heterocycles. The monoisotopic (exact) mass is 283 g/mol. The lowest BCUT2D eigenvalue weighted by molar-refractivity contribution is -0.117. The number of hydrogen-bond acceptors (Lipinski definition) is 3. The normalized spacial score (nSPS) is 17.6. The highest BCUT2D eigenvalue weighted by molar-refractivity contribution is 6.02. The molecule has 1 aromatic heterocycles. The summed E-state index contributed by atoms with van der Waals surface area (Å²) in [7, 11) is 0. The number of pyridine rings is 1. The van der Waals surface area contributed by atoms with Gasteiger partial charge in [-0.1, -0.05) is 31.4 Å². The van der Waals surface area contributed by atoms with E-state index in [1.807, 2.05) is 24.3 Å². The molecule has 1 aromatic carbocycles. The van der Waals surface area contributed by atoms with Crippen LogP contribution in [-0.4, -0.2) is 16.4 Å². The van der Waals surface area contributed by atoms with E-state index < -0.39 is 0 Å². The van der Waals surface area contributed by atoms with E-state index in [4.69, 9.17) is 5.73 Å². The minimum atomic E-state index is -0.325. The van der Waals surface area contributed by atoms with Crippen molar-refractivity contribution in [1.82, 2.24) is 4.98 Å². The summed E-state index contributed by atoms with van der Waals surface area (Å²) in [5.41, 5.74) is 6.86. The number of carbonyl (C=O) groups is 1. The number of carbonyl (C=O) groups excluding carboxylic acids is 1. The van der Waals surface area contributed by atoms with Crippen LogP contribution in [0.15, 0.2) is 36.7 Å². The summed E-state index contributed by atoms with van der Waals surface area (Å²) in [4.78, 5) is 16.4. The molecule has 0 saturated heterocycles. The Hall–Kier alpha value is -1.94. The smallest absolute Gasteiger partial charge is 0.226 e. The van der Waals surface area contributed by atoms with Crippen molar-refractivity contribution in [2.24, 2.45) is 5.73 Å². The van der Waals surface area contributed by atoms with Gasteiger partial charge in [-0.25, -0.2) is 0 Å². The second kappa shape index (κ2) is 5.82. The standard InChI is InChI=1S/C17H21N3O/c18-17(8-2-1-3-9-17)11-16(21)20-15-6-4-5-13-12-19-10-7-14(13)15/h4-7,10,12H,1-3,8-9,11,18H2,(H,20,21). The molecule has 1 aliphatic carbocycles. The lowest BCUT2D eigenvalue weighted by Gasteiger charge is -2.32. The molecule has 4 heteroatoms. The summed E-state index contributed by atoms with van der Waals surface area (Å²) in [6.45, 7) is 0. The number of nitrogens with zero attached hydrogens (tertiary/aromatic N) is 1. The van der Waals surface area contributed by atoms with E-state index in [9.17, 15) is 4.79 Å². The number of aromatic nitrogens is 1. The van der Waals surface area contributed by atoms with Crippen molar-refractivity contribution in [3.05, 3.63) is 36.7 Å². The Morgan fingerprint density at radius 2 is 2.05 bits per heavy atom. The minimum absolute atomic E-state index is 0.00344. The maximum absolute atomic E-state index is 12.3. The molecule has 110 valence electrons. The fourth-order valence-corrected chi connectivity index (χ4v) is 3.18. The number of nitrogens with two attached hydrogens (primary N) is 1. The van der Waals surface area contributed by atoms with E-state index in [1.165, 1.54) is 6.42 Å². The van der Waals surface area contributed by atoms with Gasteiger partial charge >= 0.3 is 0 Å². The third-order valence-corrected chi connectivity index (χ3v) is 4.32. The molecule has 1 saturated carbocycles. The molecule has 3 rings (SSSR count). The fourth-order valence-electron chi connectivity index (χ4n) is 3.18. The molecule has 0 bridgehead atoms. The third-order valence-electron chi connectivity index (χ3n) is 4.32. The molecule has 0 unspecified atom stereocenters. The van der Waals surface area contributed by atoms with E-state index in [2.05, 4.69) is 10.3 Å². The average molecular weight is 283 g/mol. The van der Waals surface area contributed by atoms with Crippen LogP contribution in [0.1, 0.15) is 38.5 Å². The molecule has 4 nitrogen and oxygen atoms in total. The molecule has 21 heavy (non-hydrogen) atoms. The number of fused-ring (bicyclic) bond motifs is 1. The van der Waals surface area contributed by atoms with Gasteiger partial charge in [0.1, 0.15) is 0 Å². The Morgan fingerprint density at radius 3 is 2.86 bits per heavy atom. The van der Waals surface area contributed by atoms with Gasteiger partial charge in [0.25, 0.3) is 0 Å². The molecular weight excluding hydrogens is 262 g/mol. The zero-order chi connectivity index (χ0) is 14.7. The number of amides is 1. The van der Waals surface area contributed by atoms with Crippen molar-refractivity contribution in [2.45, 2.75) is 44.1 Å². The predicted molar refractivity (Wildman–Crippen MR) is 85.0 cm³/mol. The molecule has 2 aromatic rings. The Labute approximate surface area is 124 Å². The SMILES string of the molecule is NC1(CC(=O)Nc2cccc3cnccc23)CCCCC1. The van der Waals surface area contributed by atoms with Crippen LogP contribution in [0.25, 0.3) is 10.8 Å². The van der Waals surface area contributed by atoms with E-state index in [-0.39, 0.29) is 11.4 Å². The van der Waals surface area contributed by atoms with Crippen LogP contribution in [-0.2, 0) is 4.79 Å². The molecule has 0 spiro atoms. The summed E-state index contributed by atoms with van der Waals surface area (Å²) in [6, 6.07) is 7.76. The van der Waals surface area contributed by atoms with Crippen LogP contribution >= 0.6 is 0 Å². The maximum atomic E-state index is 12.3. The Bertz CT molecular complexity index is 642. The first-order valence-corrected chi connectivity index (χ1v) is 7.58. The molecule has 1 aliphatic rings. The highest BCUT2D eigenvalue weighted by Gasteiger charge is 2.30. The van der Waals surface area contributed by atoms with Gasteiger partial charge in [0, 0.05) is 40.8 Å². The van der Waals surface area contributed by atoms with Crippen molar-refractivity contribution in [1.29, 1.82) is 0 Å². The fraction of sp³-hybridized carbons (Fsp3) is 0.412. The van der Waals surface area contributed by atoms with Gasteiger partial charge in [-0.05, 0) is 25.0 Å². The molecular formula is C17H21N3O. The first-order chi connectivity index (χ1) is 10.2. The van der Waals surface area contributed by atoms with Crippen LogP contribution < -0.4 is 11.1 Å². The van der Waals surface area contributed by atoms with Crippen LogP contribution in [0.2, 0.25) is 0 Å². The van der Waals surface area contributed by atoms with E-state index >= 15 is 0 Å². The van der Waals surface area contributed by atoms with Gasteiger partial charge < -0.3 is 11.1 Å². The van der Waals surface area contributed by atoms with Gasteiger partial charge in [-0.15, -0.1) is 0 Å². The lowest BCUT2D eigenvalue weighted by Crippen LogP contribution is -2.44. The summed E-state index contributed by atoms with van der Waals surface area (Å²) < 4.78 is 0. The van der Waals surface area contributed by atoms with Crippen molar-refractivity contribution in [2.75, 3.05) is 5.32 Å². The van der Waals surface area contributed by atoms with Crippen molar-refractivity contribution in [3.63, 3.8) is 0 Å². The second-order valence-corrected chi connectivity index (χ2v) is 6.05. The van der Waals surface area contributed by atoms with Crippen molar-refractivity contribution < 1.29 is 4.79 Å². The number of nitrogens with one attached hydrogen (secondary N) is 1. The molecule has 0 radical (unpaired) electrons. The van der Waals surface area contributed by atoms with Gasteiger partial charge in [0.15, 0.2) is 0 Å². The molecule has 1 fully saturated rings. The Morgan fingerprint density at radius 1 is 1.24 bits per heavy atom. The van der Waals surface area contributed by atoms with Crippen molar-refractivity contribution in [3.8, 4) is 0 Å². The summed E-state index contributed by atoms with van der Waals surface area (Å²) in [5, 5.41) is 5.04. The number of rotatable bonds is 3. The van der Waals surface area contributed by atoms with Gasteiger partial charge in [-0.3, -0.25) is 9.78 Å². The van der Waals surface area contributed by atoms with Crippen LogP contribution in [0.5, 0.6) is 0 Å². The zero-order valence-corrected chi connectivity index (χ0v) is 12.1. The summed E-state index contributed by atoms with van der Waals surface area (Å²) in [5.74, 6) is 0.00344. The molecule has 1 amide bonds. The van der Waals surface area contributed by atoms with E-state index in [0.29, 0.717) is 6.42 Å². The molecule has 1 heterocycles. The Balaban J connectivity index is 1.74. The predicted octanol–water partition coefficient (Wildman–Crippen LogP) is 3.23. The first-order valence-electron chi connectivity index (χ1n) is 7.58. The topological polar surface area (TPSA) is 68.0 Å². The van der Waals surface area contributed by atoms with Gasteiger partial charge in [0.05, 0.1) is 0 Å². The third kappa shape index (κ3) is 3.22. The average Bonchev–Trinajstić information content (AvgIpc) is 2.48. The van der Waals surface area contributed by atoms with Crippen LogP contribution in [0, 0.1) is 0 Å². The number of benzene rings is 1. The summed E-state index contributed by atoms with van der Waals surface area (Å²) in [6.07, 6.45) is 9.32. The van der Waals surface area contributed by atoms with Crippen molar-refractivity contribution >= 4 is 22.4 Å². The highest BCUT2D eigenvalue weighted by atomic mass is 16.1. The van der Waals surface area contributed by atoms with E-state index in [0.717, 1.165) is 42.1 Å². The van der Waals surface area contributed by atoms with E-state index in [1.54, 1.807) is 12.4 Å². The maximum Gasteiger partial charge on any atom is 0.226 e. The first kappa shape index (κ1) is 14.0. The van der Waals surface area contributed by atoms with Crippen LogP contribution in [0.3, 0.4) is 0 Å². The highest BCUT2D eigenvalue weighted by Crippen LogP contribution is 2.29. The number of anilines is 1. The zero-order valence-electron chi connectivity index (χ0n) is 12.1. The summed E-state index contributed by atoms with van der Waals surface area (Å²) >= 11 is 0. The van der Waals surface area contributed by atoms with Gasteiger partial charge in [-0.2, -0.15) is 0 Å².